The van der Waals surface area contributed by atoms with Crippen LogP contribution in [-0.2, 0) is 0 Å². The van der Waals surface area contributed by atoms with E-state index in [1.54, 1.807) is 6.08 Å². The average Bonchev–Trinajstić information content (AvgIpc) is 2.09. The highest BCUT2D eigenvalue weighted by Gasteiger charge is 2.29. The molecule has 2 atom stereocenters. The maximum Gasteiger partial charge on any atom is 0.109 e. The van der Waals surface area contributed by atoms with Crippen LogP contribution in [0.25, 0.3) is 0 Å². The number of aliphatic hydroxyl groups excluding tert-OH is 2. The molecule has 2 nitrogen and oxygen atoms in total. The van der Waals surface area contributed by atoms with Crippen molar-refractivity contribution in [1.82, 2.24) is 0 Å². The Morgan fingerprint density at radius 3 is 2.07 bits per heavy atom. The van der Waals surface area contributed by atoms with Crippen LogP contribution < -0.4 is 0 Å². The topological polar surface area (TPSA) is 40.5 Å². The van der Waals surface area contributed by atoms with Crippen molar-refractivity contribution in [3.8, 4) is 0 Å². The van der Waals surface area contributed by atoms with Gasteiger partial charge in [-0.25, -0.2) is 0 Å². The van der Waals surface area contributed by atoms with Crippen LogP contribution in [0.1, 0.15) is 27.7 Å². The molecule has 0 saturated carbocycles. The minimum absolute atomic E-state index is 0.818. The van der Waals surface area contributed by atoms with Crippen molar-refractivity contribution in [2.45, 2.75) is 39.9 Å². The summed E-state index contributed by atoms with van der Waals surface area (Å²) in [4.78, 5) is 0. The van der Waals surface area contributed by atoms with Crippen LogP contribution in [0.2, 0.25) is 0 Å². The molecule has 0 heterocycles. The highest BCUT2D eigenvalue weighted by Crippen LogP contribution is 2.37. The third-order valence-electron chi connectivity index (χ3n) is 2.48. The van der Waals surface area contributed by atoms with E-state index in [0.717, 1.165) is 26.8 Å². The van der Waals surface area contributed by atoms with Gasteiger partial charge in [-0.1, -0.05) is 27.1 Å². The van der Waals surface area contributed by atoms with E-state index >= 15 is 0 Å². The number of rotatable bonds is 0. The van der Waals surface area contributed by atoms with E-state index in [1.165, 1.54) is 0 Å². The first-order valence-electron chi connectivity index (χ1n) is 4.95. The Morgan fingerprint density at radius 2 is 1.67 bits per heavy atom. The minimum atomic E-state index is -0.827. The zero-order valence-electron chi connectivity index (χ0n) is 9.50. The zero-order chi connectivity index (χ0) is 11.7. The fourth-order valence-corrected chi connectivity index (χ4v) is 2.71. The monoisotopic (exact) mass is 272 g/mol. The predicted octanol–water partition coefficient (Wildman–Crippen LogP) is 2.67. The van der Waals surface area contributed by atoms with Crippen LogP contribution in [0, 0.1) is 0 Å². The summed E-state index contributed by atoms with van der Waals surface area (Å²) in [6, 6.07) is 0. The molecular weight excluding hydrogens is 256 g/mol. The Labute approximate surface area is 99.1 Å². The van der Waals surface area contributed by atoms with E-state index < -0.39 is 12.2 Å². The molecular formula is C12H17BrO2. The van der Waals surface area contributed by atoms with Crippen molar-refractivity contribution >= 4 is 15.9 Å². The van der Waals surface area contributed by atoms with Crippen molar-refractivity contribution < 1.29 is 10.2 Å². The lowest BCUT2D eigenvalue weighted by atomic mass is 9.86. The van der Waals surface area contributed by atoms with Gasteiger partial charge >= 0.3 is 0 Å². The molecule has 84 valence electrons. The van der Waals surface area contributed by atoms with Gasteiger partial charge in [-0.15, -0.1) is 0 Å². The summed E-state index contributed by atoms with van der Waals surface area (Å²) in [6.45, 7) is 7.88. The minimum Gasteiger partial charge on any atom is -0.386 e. The first kappa shape index (κ1) is 12.7. The second-order valence-electron chi connectivity index (χ2n) is 4.24. The molecule has 0 amide bonds. The summed E-state index contributed by atoms with van der Waals surface area (Å²) < 4.78 is 0.858. The van der Waals surface area contributed by atoms with Crippen LogP contribution in [-0.4, -0.2) is 22.4 Å². The van der Waals surface area contributed by atoms with E-state index in [0.29, 0.717) is 0 Å². The second kappa shape index (κ2) is 4.64. The van der Waals surface area contributed by atoms with E-state index in [1.807, 2.05) is 27.7 Å². The maximum atomic E-state index is 9.94. The molecule has 1 rings (SSSR count). The Hall–Kier alpha value is -0.380. The van der Waals surface area contributed by atoms with E-state index in [4.69, 9.17) is 0 Å². The molecule has 1 aliphatic carbocycles. The van der Waals surface area contributed by atoms with Crippen molar-refractivity contribution in [2.75, 3.05) is 0 Å². The Kier molecular flexibility index (Phi) is 3.93. The van der Waals surface area contributed by atoms with Crippen LogP contribution in [0.5, 0.6) is 0 Å². The van der Waals surface area contributed by atoms with Crippen LogP contribution in [0.4, 0.5) is 0 Å². The van der Waals surface area contributed by atoms with E-state index in [-0.39, 0.29) is 0 Å². The fourth-order valence-electron chi connectivity index (χ4n) is 1.83. The van der Waals surface area contributed by atoms with Gasteiger partial charge in [-0.2, -0.15) is 0 Å². The molecule has 15 heavy (non-hydrogen) atoms. The second-order valence-corrected chi connectivity index (χ2v) is 5.09. The predicted molar refractivity (Wildman–Crippen MR) is 65.8 cm³/mol. The molecule has 0 spiro atoms. The summed E-state index contributed by atoms with van der Waals surface area (Å²) >= 11 is 3.43. The van der Waals surface area contributed by atoms with Gasteiger partial charge in [0.05, 0.1) is 0 Å². The normalized spacial score (nSPS) is 26.5. The van der Waals surface area contributed by atoms with Gasteiger partial charge in [-0.05, 0) is 44.9 Å². The zero-order valence-corrected chi connectivity index (χ0v) is 11.1. The molecule has 3 heteroatoms. The molecule has 0 aliphatic heterocycles. The van der Waals surface area contributed by atoms with Gasteiger partial charge in [-0.3, -0.25) is 0 Å². The maximum absolute atomic E-state index is 9.94. The average molecular weight is 273 g/mol. The first-order valence-corrected chi connectivity index (χ1v) is 5.74. The van der Waals surface area contributed by atoms with E-state index in [9.17, 15) is 10.2 Å². The van der Waals surface area contributed by atoms with Crippen molar-refractivity contribution in [3.63, 3.8) is 0 Å². The van der Waals surface area contributed by atoms with Crippen LogP contribution in [0.15, 0.2) is 32.9 Å². The lowest BCUT2D eigenvalue weighted by molar-refractivity contribution is 0.0713. The summed E-state index contributed by atoms with van der Waals surface area (Å²) in [6.07, 6.45) is -0.00650. The largest absolute Gasteiger partial charge is 0.386 e. The highest BCUT2D eigenvalue weighted by atomic mass is 79.9. The Morgan fingerprint density at radius 1 is 1.13 bits per heavy atom. The van der Waals surface area contributed by atoms with Gasteiger partial charge < -0.3 is 10.2 Å². The number of aliphatic hydroxyl groups is 2. The smallest absolute Gasteiger partial charge is 0.109 e. The van der Waals surface area contributed by atoms with Gasteiger partial charge in [0.2, 0.25) is 0 Å². The SMILES string of the molecule is CC(C)=C1C(Br)=C[C@H](O)[C@H](O)C1=C(C)C. The molecule has 1 aliphatic rings. The number of halogens is 1. The Bertz CT molecular complexity index is 356. The third kappa shape index (κ3) is 2.41. The lowest BCUT2D eigenvalue weighted by Gasteiger charge is -2.28. The van der Waals surface area contributed by atoms with Crippen molar-refractivity contribution in [3.05, 3.63) is 32.9 Å². The summed E-state index contributed by atoms with van der Waals surface area (Å²) in [5, 5.41) is 19.6. The van der Waals surface area contributed by atoms with Gasteiger partial charge in [0.1, 0.15) is 12.2 Å². The quantitative estimate of drug-likeness (QED) is 0.712. The molecule has 2 N–H and O–H groups in total. The summed E-state index contributed by atoms with van der Waals surface area (Å²) in [7, 11) is 0. The van der Waals surface area contributed by atoms with Crippen LogP contribution in [0.3, 0.4) is 0 Å². The molecule has 0 aromatic heterocycles. The molecule has 0 aromatic rings. The van der Waals surface area contributed by atoms with Gasteiger partial charge in [0.15, 0.2) is 0 Å². The summed E-state index contributed by atoms with van der Waals surface area (Å²) in [5.41, 5.74) is 3.99. The molecule has 0 aromatic carbocycles. The lowest BCUT2D eigenvalue weighted by Crippen LogP contribution is -2.31. The summed E-state index contributed by atoms with van der Waals surface area (Å²) in [5.74, 6) is 0. The Balaban J connectivity index is 3.43. The fraction of sp³-hybridized carbons (Fsp3) is 0.500. The number of hydrogen-bond acceptors (Lipinski definition) is 2. The standard InChI is InChI=1S/C12H17BrO2/c1-6(2)10-8(13)5-9(14)12(15)11(10)7(3)4/h5,9,12,14-15H,1-4H3/t9-,12-/m0/s1. The van der Waals surface area contributed by atoms with Crippen molar-refractivity contribution in [2.24, 2.45) is 0 Å². The molecule has 0 radical (unpaired) electrons. The molecule has 0 saturated heterocycles. The number of allylic oxidation sites excluding steroid dienone is 3. The van der Waals surface area contributed by atoms with E-state index in [2.05, 4.69) is 15.9 Å². The molecule has 0 bridgehead atoms. The first-order chi connectivity index (χ1) is 6.86. The molecule has 0 unspecified atom stereocenters. The highest BCUT2D eigenvalue weighted by molar-refractivity contribution is 9.12. The van der Waals surface area contributed by atoms with Gasteiger partial charge in [0, 0.05) is 4.48 Å². The molecule has 0 fully saturated rings. The van der Waals surface area contributed by atoms with Crippen molar-refractivity contribution in [1.29, 1.82) is 0 Å². The van der Waals surface area contributed by atoms with Crippen LogP contribution >= 0.6 is 15.9 Å². The third-order valence-corrected chi connectivity index (χ3v) is 3.14. The van der Waals surface area contributed by atoms with Gasteiger partial charge in [0.25, 0.3) is 0 Å². The number of hydrogen-bond donors (Lipinski definition) is 2.